The van der Waals surface area contributed by atoms with E-state index in [9.17, 15) is 13.2 Å². The molecule has 0 spiro atoms. The number of nitrogens with zero attached hydrogens (tertiary/aromatic N) is 2. The van der Waals surface area contributed by atoms with E-state index < -0.39 is 12.3 Å². The molecular weight excluding hydrogens is 245 g/mol. The molecule has 2 saturated carbocycles. The lowest BCUT2D eigenvalue weighted by molar-refractivity contribution is -0.229. The molecule has 0 bridgehead atoms. The van der Waals surface area contributed by atoms with Crippen LogP contribution in [-0.4, -0.2) is 21.8 Å². The Bertz CT molecular complexity index is 421. The Labute approximate surface area is 103 Å². The highest BCUT2D eigenvalue weighted by molar-refractivity contribution is 5.07. The van der Waals surface area contributed by atoms with Crippen LogP contribution in [-0.2, 0) is 11.3 Å². The Kier molecular flexibility index (Phi) is 2.84. The summed E-state index contributed by atoms with van der Waals surface area (Å²) in [5.41, 5.74) is 0.140. The van der Waals surface area contributed by atoms with Gasteiger partial charge in [-0.15, -0.1) is 0 Å². The average Bonchev–Trinajstić information content (AvgIpc) is 3.16. The molecule has 0 radical (unpaired) electrons. The fourth-order valence-corrected chi connectivity index (χ4v) is 1.99. The molecule has 0 amide bonds. The van der Waals surface area contributed by atoms with Crippen molar-refractivity contribution in [1.29, 1.82) is 0 Å². The molecular formula is C12H15F3N2O. The van der Waals surface area contributed by atoms with E-state index in [4.69, 9.17) is 4.74 Å². The molecule has 1 unspecified atom stereocenters. The zero-order valence-corrected chi connectivity index (χ0v) is 9.86. The zero-order chi connectivity index (χ0) is 12.8. The number of alkyl halides is 3. The number of aromatic nitrogens is 2. The van der Waals surface area contributed by atoms with E-state index >= 15 is 0 Å². The lowest BCUT2D eigenvalue weighted by Gasteiger charge is -2.22. The second-order valence-electron chi connectivity index (χ2n) is 5.17. The lowest BCUT2D eigenvalue weighted by atomic mass is 10.2. The molecule has 0 aliphatic heterocycles. The number of ether oxygens (including phenoxy) is 1. The topological polar surface area (TPSA) is 27.1 Å². The molecule has 0 saturated heterocycles. The van der Waals surface area contributed by atoms with E-state index in [0.29, 0.717) is 12.5 Å². The minimum atomic E-state index is -4.37. The van der Waals surface area contributed by atoms with Crippen molar-refractivity contribution >= 4 is 0 Å². The summed E-state index contributed by atoms with van der Waals surface area (Å²) in [4.78, 5) is 3.85. The van der Waals surface area contributed by atoms with Crippen molar-refractivity contribution in [3.05, 3.63) is 18.2 Å². The van der Waals surface area contributed by atoms with Crippen LogP contribution in [0.3, 0.4) is 0 Å². The molecule has 1 aromatic heterocycles. The molecule has 2 aliphatic carbocycles. The molecule has 6 heteroatoms. The second kappa shape index (κ2) is 4.26. The summed E-state index contributed by atoms with van der Waals surface area (Å²) in [6, 6.07) is 0. The molecule has 3 rings (SSSR count). The minimum Gasteiger partial charge on any atom is -0.359 e. The van der Waals surface area contributed by atoms with Crippen molar-refractivity contribution in [2.24, 2.45) is 5.92 Å². The third-order valence-corrected chi connectivity index (χ3v) is 3.32. The molecule has 100 valence electrons. The van der Waals surface area contributed by atoms with Crippen molar-refractivity contribution in [2.75, 3.05) is 0 Å². The van der Waals surface area contributed by atoms with Crippen molar-refractivity contribution in [2.45, 2.75) is 50.6 Å². The van der Waals surface area contributed by atoms with Gasteiger partial charge < -0.3 is 9.30 Å². The minimum absolute atomic E-state index is 0.140. The van der Waals surface area contributed by atoms with Gasteiger partial charge in [0.2, 0.25) is 0 Å². The van der Waals surface area contributed by atoms with Gasteiger partial charge in [0.15, 0.2) is 6.10 Å². The summed E-state index contributed by atoms with van der Waals surface area (Å²) in [6.45, 7) is 0.621. The van der Waals surface area contributed by atoms with E-state index in [-0.39, 0.29) is 11.8 Å². The largest absolute Gasteiger partial charge is 0.420 e. The van der Waals surface area contributed by atoms with Crippen LogP contribution >= 0.6 is 0 Å². The zero-order valence-electron chi connectivity index (χ0n) is 9.86. The lowest BCUT2D eigenvalue weighted by Crippen LogP contribution is -2.27. The number of imidazole rings is 1. The first-order chi connectivity index (χ1) is 8.54. The van der Waals surface area contributed by atoms with Gasteiger partial charge in [-0.1, -0.05) is 0 Å². The highest BCUT2D eigenvalue weighted by Crippen LogP contribution is 2.41. The van der Waals surface area contributed by atoms with Gasteiger partial charge >= 0.3 is 6.18 Å². The molecule has 1 heterocycles. The summed E-state index contributed by atoms with van der Waals surface area (Å²) in [6.07, 6.45) is -0.0373. The van der Waals surface area contributed by atoms with E-state index in [1.807, 2.05) is 0 Å². The Balaban J connectivity index is 1.80. The summed E-state index contributed by atoms with van der Waals surface area (Å²) in [7, 11) is 0. The van der Waals surface area contributed by atoms with Gasteiger partial charge in [0.25, 0.3) is 0 Å². The normalized spacial score (nSPS) is 22.2. The van der Waals surface area contributed by atoms with Crippen molar-refractivity contribution in [1.82, 2.24) is 9.55 Å². The van der Waals surface area contributed by atoms with Crippen LogP contribution in [0.15, 0.2) is 12.5 Å². The van der Waals surface area contributed by atoms with Crippen molar-refractivity contribution in [3.63, 3.8) is 0 Å². The van der Waals surface area contributed by atoms with E-state index in [2.05, 4.69) is 4.98 Å². The van der Waals surface area contributed by atoms with Crippen molar-refractivity contribution < 1.29 is 17.9 Å². The number of hydrogen-bond acceptors (Lipinski definition) is 2. The van der Waals surface area contributed by atoms with Crippen molar-refractivity contribution in [3.8, 4) is 0 Å². The Morgan fingerprint density at radius 3 is 2.61 bits per heavy atom. The van der Waals surface area contributed by atoms with E-state index in [0.717, 1.165) is 25.7 Å². The van der Waals surface area contributed by atoms with Gasteiger partial charge in [-0.2, -0.15) is 13.2 Å². The fraction of sp³-hybridized carbons (Fsp3) is 0.750. The maximum absolute atomic E-state index is 13.0. The first-order valence-corrected chi connectivity index (χ1v) is 6.26. The highest BCUT2D eigenvalue weighted by atomic mass is 19.4. The Morgan fingerprint density at radius 2 is 2.06 bits per heavy atom. The van der Waals surface area contributed by atoms with Crippen LogP contribution in [0, 0.1) is 5.92 Å². The molecule has 2 fully saturated rings. The maximum atomic E-state index is 13.0. The van der Waals surface area contributed by atoms with Gasteiger partial charge in [-0.25, -0.2) is 4.98 Å². The van der Waals surface area contributed by atoms with Gasteiger partial charge in [-0.05, 0) is 31.6 Å². The Morgan fingerprint density at radius 1 is 1.33 bits per heavy atom. The SMILES string of the molecule is FC(F)(F)C(OC1CC1)c1cncn1CC1CC1. The third-order valence-electron chi connectivity index (χ3n) is 3.32. The van der Waals surface area contributed by atoms with Gasteiger partial charge in [0, 0.05) is 6.54 Å². The van der Waals surface area contributed by atoms with Gasteiger partial charge in [0.05, 0.1) is 24.3 Å². The number of halogens is 3. The summed E-state index contributed by atoms with van der Waals surface area (Å²) in [5, 5.41) is 0. The molecule has 1 aromatic rings. The van der Waals surface area contributed by atoms with Crippen LogP contribution < -0.4 is 0 Å². The summed E-state index contributed by atoms with van der Waals surface area (Å²) < 4.78 is 45.8. The first kappa shape index (κ1) is 12.0. The molecule has 0 aromatic carbocycles. The van der Waals surface area contributed by atoms with Crippen LogP contribution in [0.1, 0.15) is 37.5 Å². The second-order valence-corrected chi connectivity index (χ2v) is 5.17. The molecule has 2 aliphatic rings. The Hall–Kier alpha value is -1.04. The van der Waals surface area contributed by atoms with Crippen LogP contribution in [0.5, 0.6) is 0 Å². The predicted molar refractivity (Wildman–Crippen MR) is 57.9 cm³/mol. The highest BCUT2D eigenvalue weighted by Gasteiger charge is 2.46. The number of hydrogen-bond donors (Lipinski definition) is 0. The summed E-state index contributed by atoms with van der Waals surface area (Å²) in [5.74, 6) is 0.507. The quantitative estimate of drug-likeness (QED) is 0.813. The van der Waals surface area contributed by atoms with E-state index in [1.165, 1.54) is 12.5 Å². The smallest absolute Gasteiger partial charge is 0.359 e. The fourth-order valence-electron chi connectivity index (χ4n) is 1.99. The third kappa shape index (κ3) is 2.68. The number of rotatable bonds is 5. The maximum Gasteiger partial charge on any atom is 0.420 e. The van der Waals surface area contributed by atoms with Crippen LogP contribution in [0.4, 0.5) is 13.2 Å². The standard InChI is InChI=1S/C12H15F3N2O/c13-12(14,15)11(18-9-3-4-9)10-5-16-7-17(10)6-8-1-2-8/h5,7-9,11H,1-4,6H2. The molecule has 0 N–H and O–H groups in total. The van der Waals surface area contributed by atoms with Crippen LogP contribution in [0.2, 0.25) is 0 Å². The molecule has 18 heavy (non-hydrogen) atoms. The average molecular weight is 260 g/mol. The van der Waals surface area contributed by atoms with Gasteiger partial charge in [-0.3, -0.25) is 0 Å². The van der Waals surface area contributed by atoms with Gasteiger partial charge in [0.1, 0.15) is 0 Å². The van der Waals surface area contributed by atoms with E-state index in [1.54, 1.807) is 4.57 Å². The first-order valence-electron chi connectivity index (χ1n) is 6.26. The monoisotopic (exact) mass is 260 g/mol. The molecule has 3 nitrogen and oxygen atoms in total. The van der Waals surface area contributed by atoms with Crippen LogP contribution in [0.25, 0.3) is 0 Å². The molecule has 1 atom stereocenters. The predicted octanol–water partition coefficient (Wildman–Crippen LogP) is 3.08. The summed E-state index contributed by atoms with van der Waals surface area (Å²) >= 11 is 0.